The second kappa shape index (κ2) is 8.82. The molecule has 2 N–H and O–H groups in total. The van der Waals surface area contributed by atoms with Crippen molar-refractivity contribution in [2.75, 3.05) is 37.4 Å². The first-order valence-electron chi connectivity index (χ1n) is 7.84. The zero-order valence-electron chi connectivity index (χ0n) is 14.1. The van der Waals surface area contributed by atoms with Gasteiger partial charge in [0.2, 0.25) is 0 Å². The van der Waals surface area contributed by atoms with Gasteiger partial charge < -0.3 is 15.4 Å². The van der Waals surface area contributed by atoms with Crippen LogP contribution in [0.15, 0.2) is 6.33 Å². The van der Waals surface area contributed by atoms with E-state index in [-0.39, 0.29) is 5.41 Å². The number of hydrogen-bond acceptors (Lipinski definition) is 5. The van der Waals surface area contributed by atoms with Crippen LogP contribution >= 0.6 is 0 Å². The van der Waals surface area contributed by atoms with E-state index in [1.54, 1.807) is 13.4 Å². The van der Waals surface area contributed by atoms with E-state index in [4.69, 9.17) is 4.74 Å². The summed E-state index contributed by atoms with van der Waals surface area (Å²) in [5.74, 6) is 1.89. The van der Waals surface area contributed by atoms with Gasteiger partial charge in [-0.15, -0.1) is 0 Å². The lowest BCUT2D eigenvalue weighted by Crippen LogP contribution is -2.25. The van der Waals surface area contributed by atoms with Crippen molar-refractivity contribution in [1.82, 2.24) is 9.97 Å². The summed E-state index contributed by atoms with van der Waals surface area (Å²) in [4.78, 5) is 8.77. The van der Waals surface area contributed by atoms with Gasteiger partial charge in [-0.1, -0.05) is 27.7 Å². The zero-order chi connectivity index (χ0) is 15.7. The number of aromatic nitrogens is 2. The van der Waals surface area contributed by atoms with Crippen LogP contribution in [0.4, 0.5) is 11.6 Å². The van der Waals surface area contributed by atoms with E-state index in [0.29, 0.717) is 0 Å². The summed E-state index contributed by atoms with van der Waals surface area (Å²) < 4.78 is 5.17. The second-order valence-electron chi connectivity index (χ2n) is 6.09. The van der Waals surface area contributed by atoms with Crippen molar-refractivity contribution in [2.24, 2.45) is 5.41 Å². The molecule has 0 aromatic carbocycles. The molecule has 0 radical (unpaired) electrons. The smallest absolute Gasteiger partial charge is 0.134 e. The number of nitrogens with zero attached hydrogens (tertiary/aromatic N) is 2. The maximum atomic E-state index is 5.17. The molecule has 0 amide bonds. The molecule has 0 atom stereocenters. The lowest BCUT2D eigenvalue weighted by molar-refractivity contribution is 0.157. The lowest BCUT2D eigenvalue weighted by atomic mass is 9.89. The summed E-state index contributed by atoms with van der Waals surface area (Å²) >= 11 is 0. The predicted octanol–water partition coefficient (Wildman–Crippen LogP) is 3.34. The summed E-state index contributed by atoms with van der Waals surface area (Å²) in [5, 5.41) is 6.86. The van der Waals surface area contributed by atoms with Crippen LogP contribution in [0, 0.1) is 5.41 Å². The summed E-state index contributed by atoms with van der Waals surface area (Å²) in [6.07, 6.45) is 4.64. The topological polar surface area (TPSA) is 59.1 Å². The summed E-state index contributed by atoms with van der Waals surface area (Å²) in [7, 11) is 1.74. The zero-order valence-corrected chi connectivity index (χ0v) is 14.1. The van der Waals surface area contributed by atoms with Gasteiger partial charge in [-0.25, -0.2) is 9.97 Å². The highest BCUT2D eigenvalue weighted by atomic mass is 16.5. The summed E-state index contributed by atoms with van der Waals surface area (Å²) in [5.41, 5.74) is 1.33. The van der Waals surface area contributed by atoms with E-state index < -0.39 is 0 Å². The van der Waals surface area contributed by atoms with Gasteiger partial charge in [0.25, 0.3) is 0 Å². The predicted molar refractivity (Wildman–Crippen MR) is 89.0 cm³/mol. The minimum atomic E-state index is 0.170. The standard InChI is InChI=1S/C16H30N4O/c1-6-9-17-14-13(7-2)15(20-12-19-14)18-11-16(3,4)8-10-21-5/h12H,6-11H2,1-5H3,(H2,17,18,19,20). The van der Waals surface area contributed by atoms with Crippen molar-refractivity contribution in [3.63, 3.8) is 0 Å². The molecule has 1 aromatic rings. The molecule has 1 heterocycles. The van der Waals surface area contributed by atoms with Crippen LogP contribution in [-0.2, 0) is 11.2 Å². The average molecular weight is 294 g/mol. The molecule has 5 heteroatoms. The van der Waals surface area contributed by atoms with Crippen LogP contribution in [0.3, 0.4) is 0 Å². The Hall–Kier alpha value is -1.36. The fourth-order valence-corrected chi connectivity index (χ4v) is 2.09. The summed E-state index contributed by atoms with van der Waals surface area (Å²) in [6.45, 7) is 11.3. The number of ether oxygens (including phenoxy) is 1. The molecule has 0 unspecified atom stereocenters. The van der Waals surface area contributed by atoms with Crippen molar-refractivity contribution < 1.29 is 4.74 Å². The summed E-state index contributed by atoms with van der Waals surface area (Å²) in [6, 6.07) is 0. The van der Waals surface area contributed by atoms with E-state index in [9.17, 15) is 0 Å². The maximum Gasteiger partial charge on any atom is 0.134 e. The number of nitrogens with one attached hydrogen (secondary N) is 2. The first-order chi connectivity index (χ1) is 10.0. The molecule has 0 spiro atoms. The van der Waals surface area contributed by atoms with Gasteiger partial charge >= 0.3 is 0 Å². The molecule has 1 aromatic heterocycles. The molecule has 0 saturated heterocycles. The van der Waals surface area contributed by atoms with Crippen molar-refractivity contribution in [3.05, 3.63) is 11.9 Å². The van der Waals surface area contributed by atoms with Crippen molar-refractivity contribution >= 4 is 11.6 Å². The van der Waals surface area contributed by atoms with Gasteiger partial charge in [0.05, 0.1) is 0 Å². The molecule has 0 fully saturated rings. The molecular weight excluding hydrogens is 264 g/mol. The lowest BCUT2D eigenvalue weighted by Gasteiger charge is -2.25. The number of anilines is 2. The van der Waals surface area contributed by atoms with Crippen LogP contribution in [0.2, 0.25) is 0 Å². The van der Waals surface area contributed by atoms with Crippen LogP contribution in [0.25, 0.3) is 0 Å². The van der Waals surface area contributed by atoms with Gasteiger partial charge in [-0.2, -0.15) is 0 Å². The SMILES string of the molecule is CCCNc1ncnc(NCC(C)(C)CCOC)c1CC. The number of rotatable bonds is 10. The van der Waals surface area contributed by atoms with Crippen molar-refractivity contribution in [2.45, 2.75) is 47.0 Å². The molecule has 1 rings (SSSR count). The normalized spacial score (nSPS) is 11.5. The van der Waals surface area contributed by atoms with E-state index in [0.717, 1.165) is 56.2 Å². The molecule has 0 aliphatic carbocycles. The molecular formula is C16H30N4O. The Balaban J connectivity index is 2.74. The first-order valence-corrected chi connectivity index (χ1v) is 7.84. The fraction of sp³-hybridized carbons (Fsp3) is 0.750. The molecule has 0 aliphatic heterocycles. The Labute approximate surface area is 128 Å². The highest BCUT2D eigenvalue weighted by Gasteiger charge is 2.18. The van der Waals surface area contributed by atoms with E-state index in [1.807, 2.05) is 0 Å². The highest BCUT2D eigenvalue weighted by molar-refractivity contribution is 5.57. The molecule has 0 saturated carbocycles. The number of methoxy groups -OCH3 is 1. The fourth-order valence-electron chi connectivity index (χ4n) is 2.09. The monoisotopic (exact) mass is 294 g/mol. The van der Waals surface area contributed by atoms with Crippen LogP contribution in [0.1, 0.15) is 46.1 Å². The van der Waals surface area contributed by atoms with Crippen molar-refractivity contribution in [1.29, 1.82) is 0 Å². The van der Waals surface area contributed by atoms with Gasteiger partial charge in [-0.05, 0) is 24.7 Å². The molecule has 0 bridgehead atoms. The van der Waals surface area contributed by atoms with E-state index in [2.05, 4.69) is 48.3 Å². The maximum absolute atomic E-state index is 5.17. The Morgan fingerprint density at radius 1 is 1.14 bits per heavy atom. The Kier molecular flexibility index (Phi) is 7.43. The van der Waals surface area contributed by atoms with Gasteiger partial charge in [0, 0.05) is 32.4 Å². The molecule has 21 heavy (non-hydrogen) atoms. The quantitative estimate of drug-likeness (QED) is 0.693. The third-order valence-corrected chi connectivity index (χ3v) is 3.56. The Morgan fingerprint density at radius 2 is 1.81 bits per heavy atom. The largest absolute Gasteiger partial charge is 0.385 e. The highest BCUT2D eigenvalue weighted by Crippen LogP contribution is 2.24. The van der Waals surface area contributed by atoms with Crippen LogP contribution in [0.5, 0.6) is 0 Å². The minimum absolute atomic E-state index is 0.170. The molecule has 0 aliphatic rings. The van der Waals surface area contributed by atoms with Crippen LogP contribution in [-0.4, -0.2) is 36.8 Å². The van der Waals surface area contributed by atoms with Gasteiger partial charge in [-0.3, -0.25) is 0 Å². The third-order valence-electron chi connectivity index (χ3n) is 3.56. The Morgan fingerprint density at radius 3 is 2.38 bits per heavy atom. The second-order valence-corrected chi connectivity index (χ2v) is 6.09. The Bertz CT molecular complexity index is 421. The third kappa shape index (κ3) is 5.87. The van der Waals surface area contributed by atoms with E-state index >= 15 is 0 Å². The van der Waals surface area contributed by atoms with Gasteiger partial charge in [0.15, 0.2) is 0 Å². The van der Waals surface area contributed by atoms with Crippen molar-refractivity contribution in [3.8, 4) is 0 Å². The van der Waals surface area contributed by atoms with Gasteiger partial charge in [0.1, 0.15) is 18.0 Å². The number of hydrogen-bond donors (Lipinski definition) is 2. The minimum Gasteiger partial charge on any atom is -0.385 e. The molecule has 5 nitrogen and oxygen atoms in total. The average Bonchev–Trinajstić information content (AvgIpc) is 2.48. The van der Waals surface area contributed by atoms with Crippen LogP contribution < -0.4 is 10.6 Å². The first kappa shape index (κ1) is 17.7. The van der Waals surface area contributed by atoms with E-state index in [1.165, 1.54) is 0 Å². The molecule has 120 valence electrons.